The molecule has 1 saturated heterocycles. The largest absolute Gasteiger partial charge is 0.362 e. The van der Waals surface area contributed by atoms with Crippen LogP contribution in [0.4, 0.5) is 15.9 Å². The fraction of sp³-hybridized carbons (Fsp3) is 0.357. The third-order valence-electron chi connectivity index (χ3n) is 6.98. The molecule has 192 valence electrons. The average Bonchev–Trinajstić information content (AvgIpc) is 3.26. The van der Waals surface area contributed by atoms with Gasteiger partial charge in [0, 0.05) is 29.9 Å². The highest BCUT2D eigenvalue weighted by atomic mass is 19.1. The summed E-state index contributed by atoms with van der Waals surface area (Å²) in [6.07, 6.45) is 4.73. The van der Waals surface area contributed by atoms with Crippen molar-refractivity contribution in [3.63, 3.8) is 0 Å². The predicted molar refractivity (Wildman–Crippen MR) is 143 cm³/mol. The van der Waals surface area contributed by atoms with Crippen LogP contribution in [0.1, 0.15) is 58.9 Å². The molecule has 9 heteroatoms. The minimum atomic E-state index is -0.337. The third-order valence-corrected chi connectivity index (χ3v) is 6.98. The molecule has 4 aromatic rings. The molecule has 0 bridgehead atoms. The molecule has 5 rings (SSSR count). The molecule has 2 aromatic carbocycles. The third kappa shape index (κ3) is 5.32. The van der Waals surface area contributed by atoms with Crippen LogP contribution < -0.4 is 10.6 Å². The van der Waals surface area contributed by atoms with Crippen LogP contribution >= 0.6 is 0 Å². The lowest BCUT2D eigenvalue weighted by atomic mass is 10.0. The fourth-order valence-electron chi connectivity index (χ4n) is 4.63. The smallest absolute Gasteiger partial charge is 0.255 e. The van der Waals surface area contributed by atoms with Crippen LogP contribution in [0.2, 0.25) is 0 Å². The van der Waals surface area contributed by atoms with Gasteiger partial charge in [0.2, 0.25) is 5.65 Å². The van der Waals surface area contributed by atoms with E-state index in [-0.39, 0.29) is 17.8 Å². The van der Waals surface area contributed by atoms with Crippen molar-refractivity contribution in [2.24, 2.45) is 0 Å². The molecule has 1 aliphatic rings. The number of hydrogen-bond donors (Lipinski definition) is 2. The van der Waals surface area contributed by atoms with Crippen LogP contribution in [-0.2, 0) is 13.1 Å². The van der Waals surface area contributed by atoms with Gasteiger partial charge in [-0.25, -0.2) is 14.4 Å². The van der Waals surface area contributed by atoms with Crippen molar-refractivity contribution in [2.75, 3.05) is 23.7 Å². The van der Waals surface area contributed by atoms with E-state index >= 15 is 0 Å². The summed E-state index contributed by atoms with van der Waals surface area (Å²) in [5.41, 5.74) is 5.83. The van der Waals surface area contributed by atoms with Gasteiger partial charge in [0.15, 0.2) is 0 Å². The SMILES string of the molecule is CCn1cc2ncc(N[C@@H](C)c3cc(NC(=O)c4cc(C)c(CN5CCC5)c(F)c4)ccc3C)nc2n1. The highest BCUT2D eigenvalue weighted by Gasteiger charge is 2.20. The standard InChI is InChI=1S/C28H32FN7O/c1-5-36-16-25-27(34-36)33-26(14-30-25)31-19(4)22-13-21(8-7-17(22)2)32-28(37)20-11-18(3)23(24(29)12-20)15-35-9-6-10-35/h7-8,11-14,16,19H,5-6,9-10,15H2,1-4H3,(H,32,37)(H,31,33,34)/t19-/m0/s1. The monoisotopic (exact) mass is 501 g/mol. The lowest BCUT2D eigenvalue weighted by Crippen LogP contribution is -2.36. The summed E-state index contributed by atoms with van der Waals surface area (Å²) in [5, 5.41) is 10.7. The Labute approximate surface area is 215 Å². The maximum absolute atomic E-state index is 14.8. The number of benzene rings is 2. The Hall–Kier alpha value is -3.85. The highest BCUT2D eigenvalue weighted by Crippen LogP contribution is 2.26. The number of halogens is 1. The van der Waals surface area contributed by atoms with E-state index in [1.165, 1.54) is 6.07 Å². The minimum absolute atomic E-state index is 0.0997. The van der Waals surface area contributed by atoms with E-state index < -0.39 is 0 Å². The average molecular weight is 502 g/mol. The quantitative estimate of drug-likeness (QED) is 0.344. The molecular weight excluding hydrogens is 469 g/mol. The molecule has 2 N–H and O–H groups in total. The van der Waals surface area contributed by atoms with Crippen LogP contribution in [0.5, 0.6) is 0 Å². The number of nitrogens with one attached hydrogen (secondary N) is 2. The lowest BCUT2D eigenvalue weighted by Gasteiger charge is -2.31. The Bertz CT molecular complexity index is 1440. The van der Waals surface area contributed by atoms with Crippen molar-refractivity contribution in [2.45, 2.75) is 53.2 Å². The molecule has 1 aliphatic heterocycles. The molecule has 8 nitrogen and oxygen atoms in total. The van der Waals surface area contributed by atoms with Crippen LogP contribution in [-0.4, -0.2) is 43.6 Å². The van der Waals surface area contributed by atoms with Crippen LogP contribution in [0.15, 0.2) is 42.7 Å². The van der Waals surface area contributed by atoms with Crippen molar-refractivity contribution in [1.29, 1.82) is 0 Å². The first-order valence-corrected chi connectivity index (χ1v) is 12.7. The summed E-state index contributed by atoms with van der Waals surface area (Å²) < 4.78 is 16.7. The number of likely N-dealkylation sites (tertiary alicyclic amines) is 1. The Morgan fingerprint density at radius 3 is 2.68 bits per heavy atom. The molecule has 0 unspecified atom stereocenters. The molecule has 1 fully saturated rings. The number of anilines is 2. The summed E-state index contributed by atoms with van der Waals surface area (Å²) in [6, 6.07) is 8.76. The van der Waals surface area contributed by atoms with Crippen LogP contribution in [0, 0.1) is 19.7 Å². The molecular formula is C28H32FN7O. The second-order valence-electron chi connectivity index (χ2n) is 9.72. The molecule has 0 radical (unpaired) electrons. The number of aromatic nitrogens is 4. The number of aryl methyl sites for hydroxylation is 3. The second kappa shape index (κ2) is 10.3. The topological polar surface area (TPSA) is 88.0 Å². The molecule has 0 aliphatic carbocycles. The molecule has 0 saturated carbocycles. The number of nitrogens with zero attached hydrogens (tertiary/aromatic N) is 5. The summed E-state index contributed by atoms with van der Waals surface area (Å²) in [5.74, 6) is -0.0449. The van der Waals surface area contributed by atoms with Gasteiger partial charge in [-0.2, -0.15) is 5.10 Å². The molecule has 1 atom stereocenters. The maximum Gasteiger partial charge on any atom is 0.255 e. The van der Waals surface area contributed by atoms with E-state index in [9.17, 15) is 9.18 Å². The molecule has 0 spiro atoms. The number of hydrogen-bond acceptors (Lipinski definition) is 6. The van der Waals surface area contributed by atoms with Gasteiger partial charge in [0.25, 0.3) is 5.91 Å². The Morgan fingerprint density at radius 2 is 1.97 bits per heavy atom. The Kier molecular flexibility index (Phi) is 6.88. The van der Waals surface area contributed by atoms with Crippen molar-refractivity contribution in [1.82, 2.24) is 24.6 Å². The predicted octanol–water partition coefficient (Wildman–Crippen LogP) is 5.23. The first-order valence-electron chi connectivity index (χ1n) is 12.7. The van der Waals surface area contributed by atoms with Crippen molar-refractivity contribution < 1.29 is 9.18 Å². The number of carbonyl (C=O) groups excluding carboxylic acids is 1. The zero-order chi connectivity index (χ0) is 26.1. The van der Waals surface area contributed by atoms with Gasteiger partial charge >= 0.3 is 0 Å². The number of amides is 1. The normalized spacial score (nSPS) is 14.4. The number of carbonyl (C=O) groups is 1. The first-order chi connectivity index (χ1) is 17.8. The van der Waals surface area contributed by atoms with Gasteiger partial charge in [0.1, 0.15) is 17.2 Å². The zero-order valence-corrected chi connectivity index (χ0v) is 21.7. The van der Waals surface area contributed by atoms with E-state index in [0.717, 1.165) is 48.3 Å². The van der Waals surface area contributed by atoms with Crippen molar-refractivity contribution in [3.05, 3.63) is 76.4 Å². The van der Waals surface area contributed by atoms with Gasteiger partial charge < -0.3 is 10.6 Å². The second-order valence-corrected chi connectivity index (χ2v) is 9.72. The van der Waals surface area contributed by atoms with E-state index in [1.807, 2.05) is 52.1 Å². The molecule has 37 heavy (non-hydrogen) atoms. The molecule has 3 heterocycles. The summed E-state index contributed by atoms with van der Waals surface area (Å²) >= 11 is 0. The van der Waals surface area contributed by atoms with Crippen LogP contribution in [0.3, 0.4) is 0 Å². The van der Waals surface area contributed by atoms with Crippen LogP contribution in [0.25, 0.3) is 11.2 Å². The summed E-state index contributed by atoms with van der Waals surface area (Å²) in [4.78, 5) is 24.2. The maximum atomic E-state index is 14.8. The van der Waals surface area contributed by atoms with Gasteiger partial charge in [-0.15, -0.1) is 0 Å². The Morgan fingerprint density at radius 1 is 1.16 bits per heavy atom. The lowest BCUT2D eigenvalue weighted by molar-refractivity contribution is 0.102. The van der Waals surface area contributed by atoms with Gasteiger partial charge in [0.05, 0.1) is 18.4 Å². The first kappa shape index (κ1) is 24.8. The fourth-order valence-corrected chi connectivity index (χ4v) is 4.63. The zero-order valence-electron chi connectivity index (χ0n) is 21.7. The van der Waals surface area contributed by atoms with E-state index in [0.29, 0.717) is 34.8 Å². The van der Waals surface area contributed by atoms with Gasteiger partial charge in [-0.05, 0) is 88.2 Å². The summed E-state index contributed by atoms with van der Waals surface area (Å²) in [7, 11) is 0. The van der Waals surface area contributed by atoms with Crippen molar-refractivity contribution in [3.8, 4) is 0 Å². The minimum Gasteiger partial charge on any atom is -0.362 e. The Balaban J connectivity index is 1.30. The highest BCUT2D eigenvalue weighted by molar-refractivity contribution is 6.04. The van der Waals surface area contributed by atoms with E-state index in [4.69, 9.17) is 0 Å². The van der Waals surface area contributed by atoms with E-state index in [2.05, 4.69) is 30.6 Å². The van der Waals surface area contributed by atoms with Gasteiger partial charge in [-0.3, -0.25) is 14.4 Å². The van der Waals surface area contributed by atoms with Gasteiger partial charge in [-0.1, -0.05) is 6.07 Å². The summed E-state index contributed by atoms with van der Waals surface area (Å²) in [6.45, 7) is 11.3. The van der Waals surface area contributed by atoms with E-state index in [1.54, 1.807) is 16.9 Å². The van der Waals surface area contributed by atoms with Crippen molar-refractivity contribution >= 4 is 28.6 Å². The molecule has 1 amide bonds. The number of fused-ring (bicyclic) bond motifs is 1. The number of rotatable bonds is 8. The molecule has 2 aromatic heterocycles.